The first-order chi connectivity index (χ1) is 11.2. The minimum absolute atomic E-state index is 0.240. The van der Waals surface area contributed by atoms with Gasteiger partial charge in [-0.1, -0.05) is 32.8 Å². The Bertz CT molecular complexity index is 535. The fraction of sp³-hybridized carbons (Fsp3) is 0.857. The Hall–Kier alpha value is -0.830. The van der Waals surface area contributed by atoms with Gasteiger partial charge in [0.1, 0.15) is 0 Å². The minimum atomic E-state index is -0.630. The molecule has 0 aliphatic heterocycles. The molecule has 0 heterocycles. The van der Waals surface area contributed by atoms with E-state index < -0.39 is 5.60 Å². The van der Waals surface area contributed by atoms with Gasteiger partial charge in [0.2, 0.25) is 0 Å². The minimum Gasteiger partial charge on any atom is -0.463 e. The number of hydrogen-bond donors (Lipinski definition) is 1. The predicted molar refractivity (Wildman–Crippen MR) is 95.5 cm³/mol. The summed E-state index contributed by atoms with van der Waals surface area (Å²) in [6.07, 6.45) is 10.0. The van der Waals surface area contributed by atoms with Crippen molar-refractivity contribution in [2.24, 2.45) is 22.7 Å². The lowest BCUT2D eigenvalue weighted by atomic mass is 9.43. The summed E-state index contributed by atoms with van der Waals surface area (Å²) in [5, 5.41) is 11.5. The number of ether oxygens (including phenoxy) is 1. The van der Waals surface area contributed by atoms with Crippen molar-refractivity contribution < 1.29 is 14.6 Å². The maximum Gasteiger partial charge on any atom is 0.330 e. The summed E-state index contributed by atoms with van der Waals surface area (Å²) < 4.78 is 5.05. The molecule has 0 amide bonds. The number of aliphatic hydroxyl groups is 1. The van der Waals surface area contributed by atoms with Gasteiger partial charge in [0, 0.05) is 6.08 Å². The predicted octanol–water partition coefficient (Wildman–Crippen LogP) is 4.63. The number of fused-ring (bicyclic) bond motifs is 3. The molecule has 3 rings (SSSR count). The van der Waals surface area contributed by atoms with Crippen molar-refractivity contribution in [3.05, 3.63) is 11.6 Å². The molecule has 1 N–H and O–H groups in total. The van der Waals surface area contributed by atoms with Crippen molar-refractivity contribution in [1.82, 2.24) is 0 Å². The molecular weight excluding hydrogens is 300 g/mol. The van der Waals surface area contributed by atoms with Crippen LogP contribution >= 0.6 is 0 Å². The fourth-order valence-corrected chi connectivity index (χ4v) is 6.58. The molecule has 3 heteroatoms. The van der Waals surface area contributed by atoms with Gasteiger partial charge in [-0.2, -0.15) is 0 Å². The molecular formula is C21H34O3. The number of rotatable bonds is 2. The van der Waals surface area contributed by atoms with Crippen LogP contribution in [0.15, 0.2) is 11.6 Å². The molecule has 24 heavy (non-hydrogen) atoms. The molecule has 3 aliphatic carbocycles. The zero-order chi connectivity index (χ0) is 17.6. The Morgan fingerprint density at radius 1 is 1.21 bits per heavy atom. The van der Waals surface area contributed by atoms with E-state index in [1.165, 1.54) is 19.3 Å². The molecule has 3 nitrogen and oxygen atoms in total. The molecule has 0 unspecified atom stereocenters. The van der Waals surface area contributed by atoms with E-state index in [-0.39, 0.29) is 11.4 Å². The molecule has 0 aromatic rings. The lowest BCUT2D eigenvalue weighted by Gasteiger charge is -2.63. The number of esters is 1. The van der Waals surface area contributed by atoms with E-state index >= 15 is 0 Å². The summed E-state index contributed by atoms with van der Waals surface area (Å²) in [7, 11) is 0. The second-order valence-electron chi connectivity index (χ2n) is 9.37. The van der Waals surface area contributed by atoms with Crippen molar-refractivity contribution in [3.8, 4) is 0 Å². The second-order valence-corrected chi connectivity index (χ2v) is 9.37. The molecule has 0 aromatic heterocycles. The molecule has 0 spiro atoms. The van der Waals surface area contributed by atoms with Crippen LogP contribution in [-0.4, -0.2) is 23.3 Å². The van der Waals surface area contributed by atoms with E-state index in [0.29, 0.717) is 30.3 Å². The van der Waals surface area contributed by atoms with Crippen LogP contribution in [-0.2, 0) is 9.53 Å². The smallest absolute Gasteiger partial charge is 0.330 e. The second kappa shape index (κ2) is 6.16. The lowest BCUT2D eigenvalue weighted by molar-refractivity contribution is -0.182. The van der Waals surface area contributed by atoms with Gasteiger partial charge >= 0.3 is 5.97 Å². The molecule has 4 atom stereocenters. The lowest BCUT2D eigenvalue weighted by Crippen LogP contribution is -2.59. The fourth-order valence-electron chi connectivity index (χ4n) is 6.58. The van der Waals surface area contributed by atoms with E-state index in [0.717, 1.165) is 31.3 Å². The molecule has 3 aliphatic rings. The number of carbonyl (C=O) groups excluding carboxylic acids is 1. The third-order valence-corrected chi connectivity index (χ3v) is 7.48. The maximum atomic E-state index is 11.8. The third-order valence-electron chi connectivity index (χ3n) is 7.48. The summed E-state index contributed by atoms with van der Waals surface area (Å²) in [6.45, 7) is 9.52. The summed E-state index contributed by atoms with van der Waals surface area (Å²) >= 11 is 0. The first-order valence-electron chi connectivity index (χ1n) is 9.80. The summed E-state index contributed by atoms with van der Waals surface area (Å²) in [5.74, 6) is 0.815. The van der Waals surface area contributed by atoms with E-state index in [4.69, 9.17) is 4.74 Å². The van der Waals surface area contributed by atoms with Gasteiger partial charge in [0.25, 0.3) is 0 Å². The molecule has 0 radical (unpaired) electrons. The van der Waals surface area contributed by atoms with Crippen molar-refractivity contribution in [2.75, 3.05) is 6.61 Å². The highest BCUT2D eigenvalue weighted by atomic mass is 16.5. The molecule has 0 bridgehead atoms. The van der Waals surface area contributed by atoms with Crippen molar-refractivity contribution >= 4 is 5.97 Å². The molecule has 136 valence electrons. The van der Waals surface area contributed by atoms with Gasteiger partial charge in [0.05, 0.1) is 12.2 Å². The first-order valence-corrected chi connectivity index (χ1v) is 9.80. The number of carbonyl (C=O) groups is 1. The van der Waals surface area contributed by atoms with Crippen molar-refractivity contribution in [2.45, 2.75) is 84.7 Å². The quantitative estimate of drug-likeness (QED) is 0.591. The Kier molecular flexibility index (Phi) is 4.61. The average Bonchev–Trinajstić information content (AvgIpc) is 2.45. The van der Waals surface area contributed by atoms with Crippen LogP contribution < -0.4 is 0 Å². The van der Waals surface area contributed by atoms with Crippen LogP contribution in [0, 0.1) is 22.7 Å². The van der Waals surface area contributed by atoms with E-state index in [2.05, 4.69) is 20.8 Å². The maximum absolute atomic E-state index is 11.8. The van der Waals surface area contributed by atoms with Crippen LogP contribution in [0.5, 0.6) is 0 Å². The van der Waals surface area contributed by atoms with Crippen LogP contribution in [0.1, 0.15) is 79.1 Å². The monoisotopic (exact) mass is 334 g/mol. The highest BCUT2D eigenvalue weighted by Gasteiger charge is 2.60. The molecule has 3 saturated carbocycles. The van der Waals surface area contributed by atoms with Crippen LogP contribution in [0.25, 0.3) is 0 Å². The van der Waals surface area contributed by atoms with Gasteiger partial charge in [-0.3, -0.25) is 0 Å². The highest BCUT2D eigenvalue weighted by molar-refractivity contribution is 5.82. The van der Waals surface area contributed by atoms with Gasteiger partial charge in [-0.25, -0.2) is 4.79 Å². The Labute approximate surface area is 146 Å². The van der Waals surface area contributed by atoms with E-state index in [9.17, 15) is 9.90 Å². The van der Waals surface area contributed by atoms with Crippen molar-refractivity contribution in [3.63, 3.8) is 0 Å². The Morgan fingerprint density at radius 3 is 2.67 bits per heavy atom. The molecule has 3 fully saturated rings. The molecule has 0 aromatic carbocycles. The van der Waals surface area contributed by atoms with Gasteiger partial charge in [0.15, 0.2) is 0 Å². The van der Waals surface area contributed by atoms with Crippen LogP contribution in [0.3, 0.4) is 0 Å². The number of hydrogen-bond acceptors (Lipinski definition) is 3. The van der Waals surface area contributed by atoms with Crippen molar-refractivity contribution in [1.29, 1.82) is 0 Å². The SMILES string of the molecule is CCOC(=O)/C=C1\CC[C@@H]2[C@@](O)(CC[C@H]3C(C)(C)CCC[C@]23C)C1. The molecule has 0 saturated heterocycles. The normalized spacial score (nSPS) is 43.0. The Morgan fingerprint density at radius 2 is 1.96 bits per heavy atom. The van der Waals surface area contributed by atoms with Gasteiger partial charge < -0.3 is 9.84 Å². The zero-order valence-corrected chi connectivity index (χ0v) is 15.9. The van der Waals surface area contributed by atoms with E-state index in [1.807, 2.05) is 6.92 Å². The summed E-state index contributed by atoms with van der Waals surface area (Å²) in [5.41, 5.74) is 1.07. The zero-order valence-electron chi connectivity index (χ0n) is 15.9. The summed E-state index contributed by atoms with van der Waals surface area (Å²) in [6, 6.07) is 0. The topological polar surface area (TPSA) is 46.5 Å². The van der Waals surface area contributed by atoms with Crippen LogP contribution in [0.4, 0.5) is 0 Å². The van der Waals surface area contributed by atoms with Gasteiger partial charge in [-0.05, 0) is 74.5 Å². The standard InChI is InChI=1S/C21H34O3/c1-5-24-18(22)13-15-7-8-17-20(4)11-6-10-19(2,3)16(20)9-12-21(17,23)14-15/h13,16-17,23H,5-12,14H2,1-4H3/b15-13+/t16-,17-,20-,21+/m0/s1. The summed E-state index contributed by atoms with van der Waals surface area (Å²) in [4.78, 5) is 11.8. The first kappa shape index (κ1) is 18.0. The Balaban J connectivity index is 1.83. The third kappa shape index (κ3) is 2.94. The average molecular weight is 335 g/mol. The largest absolute Gasteiger partial charge is 0.463 e. The van der Waals surface area contributed by atoms with Gasteiger partial charge in [-0.15, -0.1) is 0 Å². The van der Waals surface area contributed by atoms with Crippen LogP contribution in [0.2, 0.25) is 0 Å². The highest BCUT2D eigenvalue weighted by Crippen LogP contribution is 2.65. The van der Waals surface area contributed by atoms with E-state index in [1.54, 1.807) is 6.08 Å².